The van der Waals surface area contributed by atoms with Crippen molar-refractivity contribution >= 4 is 17.1 Å². The van der Waals surface area contributed by atoms with E-state index in [1.807, 2.05) is 23.2 Å². The van der Waals surface area contributed by atoms with Crippen LogP contribution in [0, 0.1) is 11.7 Å². The number of carbonyl (C=O) groups excluding carboxylic acids is 1. The number of piperazine rings is 1. The van der Waals surface area contributed by atoms with Gasteiger partial charge in [0.05, 0.1) is 23.9 Å². The van der Waals surface area contributed by atoms with E-state index in [1.165, 1.54) is 6.07 Å². The van der Waals surface area contributed by atoms with Crippen LogP contribution in [0.4, 0.5) is 10.1 Å². The summed E-state index contributed by atoms with van der Waals surface area (Å²) in [5.74, 6) is 0.163. The fourth-order valence-corrected chi connectivity index (χ4v) is 4.27. The van der Waals surface area contributed by atoms with Gasteiger partial charge in [-0.2, -0.15) is 5.10 Å². The minimum absolute atomic E-state index is 0.234. The summed E-state index contributed by atoms with van der Waals surface area (Å²) in [6.45, 7) is 2.74. The van der Waals surface area contributed by atoms with Crippen LogP contribution in [0.1, 0.15) is 24.4 Å². The lowest BCUT2D eigenvalue weighted by Gasteiger charge is -2.36. The number of aromatic nitrogens is 2. The molecule has 2 fully saturated rings. The Hall–Kier alpha value is -2.97. The molecule has 1 saturated heterocycles. The van der Waals surface area contributed by atoms with E-state index in [2.05, 4.69) is 10.00 Å². The van der Waals surface area contributed by atoms with Crippen molar-refractivity contribution in [2.24, 2.45) is 11.7 Å². The van der Waals surface area contributed by atoms with E-state index < -0.39 is 6.04 Å². The summed E-state index contributed by atoms with van der Waals surface area (Å²) >= 11 is 0. The monoisotopic (exact) mass is 423 g/mol. The zero-order chi connectivity index (χ0) is 21.5. The van der Waals surface area contributed by atoms with Crippen LogP contribution in [0.15, 0.2) is 42.7 Å². The Morgan fingerprint density at radius 3 is 2.65 bits per heavy atom. The quantitative estimate of drug-likeness (QED) is 0.657. The number of nitrogens with zero attached hydrogens (tertiary/aromatic N) is 4. The van der Waals surface area contributed by atoms with Crippen LogP contribution < -0.4 is 10.6 Å². The number of nitrogens with two attached hydrogens (primary N) is 1. The number of rotatable bonds is 5. The van der Waals surface area contributed by atoms with E-state index in [0.29, 0.717) is 17.0 Å². The van der Waals surface area contributed by atoms with Gasteiger partial charge in [0.2, 0.25) is 5.91 Å². The van der Waals surface area contributed by atoms with E-state index in [1.54, 1.807) is 22.8 Å². The van der Waals surface area contributed by atoms with Gasteiger partial charge in [0.25, 0.3) is 0 Å². The Morgan fingerprint density at radius 1 is 1.19 bits per heavy atom. The molecule has 3 heterocycles. The third kappa shape index (κ3) is 3.77. The van der Waals surface area contributed by atoms with Gasteiger partial charge < -0.3 is 20.6 Å². The van der Waals surface area contributed by atoms with Gasteiger partial charge in [0.1, 0.15) is 5.82 Å². The van der Waals surface area contributed by atoms with Crippen LogP contribution in [0.2, 0.25) is 0 Å². The minimum Gasteiger partial charge on any atom is -0.394 e. The normalized spacial score (nSPS) is 17.9. The lowest BCUT2D eigenvalue weighted by Crippen LogP contribution is -2.49. The van der Waals surface area contributed by atoms with Crippen molar-refractivity contribution in [1.29, 1.82) is 0 Å². The van der Waals surface area contributed by atoms with Crippen LogP contribution in [0.5, 0.6) is 0 Å². The molecular weight excluding hydrogens is 397 g/mol. The summed E-state index contributed by atoms with van der Waals surface area (Å²) < 4.78 is 16.6. The number of carbonyl (C=O) groups is 1. The second-order valence-corrected chi connectivity index (χ2v) is 8.39. The predicted octanol–water partition coefficient (Wildman–Crippen LogP) is 2.19. The molecule has 1 aromatic carbocycles. The van der Waals surface area contributed by atoms with Gasteiger partial charge in [0.15, 0.2) is 0 Å². The zero-order valence-electron chi connectivity index (χ0n) is 17.2. The van der Waals surface area contributed by atoms with Crippen molar-refractivity contribution in [1.82, 2.24) is 14.5 Å². The molecule has 1 saturated carbocycles. The lowest BCUT2D eigenvalue weighted by atomic mass is 10.0. The topological polar surface area (TPSA) is 87.1 Å². The molecule has 1 aliphatic carbocycles. The molecule has 31 heavy (non-hydrogen) atoms. The number of aliphatic hydroxyl groups is 1. The number of anilines is 1. The van der Waals surface area contributed by atoms with Crippen LogP contribution >= 0.6 is 0 Å². The van der Waals surface area contributed by atoms with Crippen molar-refractivity contribution in [2.75, 3.05) is 37.7 Å². The predicted molar refractivity (Wildman–Crippen MR) is 116 cm³/mol. The Kier molecular flexibility index (Phi) is 5.11. The first kappa shape index (κ1) is 20.0. The first-order chi connectivity index (χ1) is 15.0. The average molecular weight is 423 g/mol. The van der Waals surface area contributed by atoms with Crippen LogP contribution in [0.3, 0.4) is 0 Å². The molecule has 3 N–H and O–H groups in total. The standard InChI is InChI=1S/C23H26FN5O2/c24-19-11-16(20(25)14-30)3-4-18(19)17-12-22-21(5-6-26-29(22)13-17)27-7-9-28(10-8-27)23(31)15-1-2-15/h3-6,11-13,15,20,30H,1-2,7-10,14,25H2. The molecular formula is C23H26FN5O2. The van der Waals surface area contributed by atoms with Crippen molar-refractivity contribution in [2.45, 2.75) is 18.9 Å². The average Bonchev–Trinajstić information content (AvgIpc) is 3.56. The van der Waals surface area contributed by atoms with Crippen molar-refractivity contribution in [3.8, 4) is 11.1 Å². The molecule has 0 radical (unpaired) electrons. The molecule has 1 aliphatic heterocycles. The van der Waals surface area contributed by atoms with E-state index >= 15 is 0 Å². The lowest BCUT2D eigenvalue weighted by molar-refractivity contribution is -0.132. The molecule has 2 aromatic heterocycles. The Bertz CT molecular complexity index is 1120. The van der Waals surface area contributed by atoms with Crippen LogP contribution in [-0.2, 0) is 4.79 Å². The van der Waals surface area contributed by atoms with Crippen molar-refractivity contribution in [3.63, 3.8) is 0 Å². The molecule has 7 nitrogen and oxygen atoms in total. The summed E-state index contributed by atoms with van der Waals surface area (Å²) in [4.78, 5) is 16.6. The first-order valence-electron chi connectivity index (χ1n) is 10.7. The molecule has 8 heteroatoms. The molecule has 1 amide bonds. The highest BCUT2D eigenvalue weighted by Gasteiger charge is 2.34. The minimum atomic E-state index is -0.601. The van der Waals surface area contributed by atoms with E-state index in [-0.39, 0.29) is 18.3 Å². The number of hydrogen-bond acceptors (Lipinski definition) is 5. The van der Waals surface area contributed by atoms with Crippen LogP contribution in [-0.4, -0.2) is 58.3 Å². The molecule has 5 rings (SSSR count). The number of amides is 1. The number of aliphatic hydroxyl groups excluding tert-OH is 1. The number of benzene rings is 1. The van der Waals surface area contributed by atoms with Crippen LogP contribution in [0.25, 0.3) is 16.6 Å². The molecule has 0 bridgehead atoms. The van der Waals surface area contributed by atoms with Gasteiger partial charge in [-0.1, -0.05) is 12.1 Å². The van der Waals surface area contributed by atoms with Crippen molar-refractivity contribution in [3.05, 3.63) is 54.1 Å². The summed E-state index contributed by atoms with van der Waals surface area (Å²) in [6, 6.07) is 8.12. The zero-order valence-corrected chi connectivity index (χ0v) is 17.2. The highest BCUT2D eigenvalue weighted by atomic mass is 19.1. The van der Waals surface area contributed by atoms with Gasteiger partial charge in [-0.3, -0.25) is 4.79 Å². The summed E-state index contributed by atoms with van der Waals surface area (Å²) in [7, 11) is 0. The smallest absolute Gasteiger partial charge is 0.225 e. The Morgan fingerprint density at radius 2 is 1.97 bits per heavy atom. The van der Waals surface area contributed by atoms with Gasteiger partial charge >= 0.3 is 0 Å². The fourth-order valence-electron chi connectivity index (χ4n) is 4.27. The number of fused-ring (bicyclic) bond motifs is 1. The third-order valence-electron chi connectivity index (χ3n) is 6.27. The second kappa shape index (κ2) is 7.94. The Balaban J connectivity index is 1.40. The van der Waals surface area contributed by atoms with Gasteiger partial charge in [0, 0.05) is 55.6 Å². The fraction of sp³-hybridized carbons (Fsp3) is 0.391. The highest BCUT2D eigenvalue weighted by Crippen LogP contribution is 2.33. The van der Waals surface area contributed by atoms with Gasteiger partial charge in [-0.05, 0) is 36.6 Å². The molecule has 3 aromatic rings. The molecule has 1 unspecified atom stereocenters. The molecule has 2 aliphatic rings. The number of hydrogen-bond donors (Lipinski definition) is 2. The highest BCUT2D eigenvalue weighted by molar-refractivity contribution is 5.82. The van der Waals surface area contributed by atoms with E-state index in [4.69, 9.17) is 5.73 Å². The number of halogens is 1. The van der Waals surface area contributed by atoms with Crippen molar-refractivity contribution < 1.29 is 14.3 Å². The molecule has 1 atom stereocenters. The van der Waals surface area contributed by atoms with E-state index in [0.717, 1.165) is 55.8 Å². The van der Waals surface area contributed by atoms with Gasteiger partial charge in [-0.15, -0.1) is 0 Å². The molecule has 0 spiro atoms. The Labute approximate surface area is 179 Å². The summed E-state index contributed by atoms with van der Waals surface area (Å²) in [5.41, 5.74) is 9.48. The van der Waals surface area contributed by atoms with E-state index in [9.17, 15) is 14.3 Å². The van der Waals surface area contributed by atoms with Gasteiger partial charge in [-0.25, -0.2) is 8.91 Å². The maximum absolute atomic E-state index is 14.8. The summed E-state index contributed by atoms with van der Waals surface area (Å²) in [6.07, 6.45) is 5.62. The maximum atomic E-state index is 14.8. The largest absolute Gasteiger partial charge is 0.394 e. The third-order valence-corrected chi connectivity index (χ3v) is 6.27. The molecule has 162 valence electrons. The SMILES string of the molecule is NC(CO)c1ccc(-c2cc3c(N4CCN(C(=O)C5CC5)CC4)ccnn3c2)c(F)c1. The maximum Gasteiger partial charge on any atom is 0.225 e. The second-order valence-electron chi connectivity index (χ2n) is 8.39. The summed E-state index contributed by atoms with van der Waals surface area (Å²) in [5, 5.41) is 13.6. The first-order valence-corrected chi connectivity index (χ1v) is 10.7.